The largest absolute Gasteiger partial charge is 0.481 e. The van der Waals surface area contributed by atoms with E-state index >= 15 is 0 Å². The van der Waals surface area contributed by atoms with Crippen molar-refractivity contribution in [1.29, 1.82) is 5.41 Å². The molecule has 3 aliphatic rings. The number of carboxylic acids is 1. The number of carboxylic acid groups (broad SMARTS) is 1. The molecular weight excluding hydrogens is 250 g/mol. The van der Waals surface area contributed by atoms with Gasteiger partial charge in [-0.25, -0.2) is 0 Å². The minimum absolute atomic E-state index is 0.0734. The van der Waals surface area contributed by atoms with Crippen LogP contribution in [0.15, 0.2) is 48.1 Å². The summed E-state index contributed by atoms with van der Waals surface area (Å²) in [7, 11) is 0. The topological polar surface area (TPSA) is 61.2 Å². The van der Waals surface area contributed by atoms with Crippen LogP contribution in [0.3, 0.4) is 0 Å². The molecule has 1 aromatic carbocycles. The molecule has 0 fully saturated rings. The highest BCUT2D eigenvalue weighted by atomic mass is 16.4. The SMILES string of the molecule is N=C1C2=CCC=C3c4ccccc4C(=CC1C(=O)O)C23. The molecule has 3 heteroatoms. The van der Waals surface area contributed by atoms with E-state index in [-0.39, 0.29) is 11.6 Å². The number of carbonyl (C=O) groups is 1. The summed E-state index contributed by atoms with van der Waals surface area (Å²) in [5, 5.41) is 17.5. The Morgan fingerprint density at radius 2 is 1.75 bits per heavy atom. The minimum Gasteiger partial charge on any atom is -0.481 e. The van der Waals surface area contributed by atoms with E-state index in [4.69, 9.17) is 5.41 Å². The highest BCUT2D eigenvalue weighted by Crippen LogP contribution is 2.53. The van der Waals surface area contributed by atoms with Gasteiger partial charge in [0.15, 0.2) is 0 Å². The number of hydrogen-bond donors (Lipinski definition) is 2. The van der Waals surface area contributed by atoms with Crippen molar-refractivity contribution in [3.8, 4) is 0 Å². The van der Waals surface area contributed by atoms with Gasteiger partial charge in [-0.05, 0) is 34.3 Å². The maximum atomic E-state index is 11.4. The van der Waals surface area contributed by atoms with Crippen LogP contribution >= 0.6 is 0 Å². The molecule has 0 saturated carbocycles. The molecule has 0 heterocycles. The molecule has 0 amide bonds. The highest BCUT2D eigenvalue weighted by molar-refractivity contribution is 6.19. The lowest BCUT2D eigenvalue weighted by Crippen LogP contribution is -2.30. The second-order valence-corrected chi connectivity index (χ2v) is 5.38. The normalized spacial score (nSPS) is 26.2. The molecule has 0 aromatic heterocycles. The Morgan fingerprint density at radius 1 is 1.10 bits per heavy atom. The Balaban J connectivity index is 2.01. The molecule has 3 aliphatic carbocycles. The van der Waals surface area contributed by atoms with Crippen molar-refractivity contribution in [2.45, 2.75) is 6.42 Å². The second kappa shape index (κ2) is 3.79. The first-order valence-corrected chi connectivity index (χ1v) is 6.71. The van der Waals surface area contributed by atoms with Gasteiger partial charge >= 0.3 is 5.97 Å². The molecule has 2 N–H and O–H groups in total. The summed E-state index contributed by atoms with van der Waals surface area (Å²) in [5.74, 6) is -1.69. The van der Waals surface area contributed by atoms with Crippen LogP contribution < -0.4 is 0 Å². The van der Waals surface area contributed by atoms with Gasteiger partial charge in [-0.1, -0.05) is 42.5 Å². The zero-order valence-electron chi connectivity index (χ0n) is 10.8. The van der Waals surface area contributed by atoms with Crippen molar-refractivity contribution in [2.24, 2.45) is 11.8 Å². The van der Waals surface area contributed by atoms with Crippen LogP contribution in [0.1, 0.15) is 17.5 Å². The van der Waals surface area contributed by atoms with E-state index in [9.17, 15) is 9.90 Å². The maximum absolute atomic E-state index is 11.4. The minimum atomic E-state index is -0.942. The predicted molar refractivity (Wildman–Crippen MR) is 77.4 cm³/mol. The third-order valence-electron chi connectivity index (χ3n) is 4.39. The molecule has 0 saturated heterocycles. The average molecular weight is 263 g/mol. The van der Waals surface area contributed by atoms with Crippen LogP contribution in [0.25, 0.3) is 11.1 Å². The van der Waals surface area contributed by atoms with Crippen molar-refractivity contribution in [3.05, 3.63) is 59.2 Å². The lowest BCUT2D eigenvalue weighted by Gasteiger charge is -2.29. The third-order valence-corrected chi connectivity index (χ3v) is 4.39. The molecular formula is C17H13NO2. The summed E-state index contributed by atoms with van der Waals surface area (Å²) in [5.41, 5.74) is 5.72. The molecule has 1 aromatic rings. The van der Waals surface area contributed by atoms with Crippen molar-refractivity contribution >= 4 is 22.8 Å². The van der Waals surface area contributed by atoms with E-state index in [1.54, 1.807) is 6.08 Å². The van der Waals surface area contributed by atoms with Gasteiger partial charge in [0, 0.05) is 5.92 Å². The van der Waals surface area contributed by atoms with Gasteiger partial charge < -0.3 is 10.5 Å². The quantitative estimate of drug-likeness (QED) is 0.817. The Morgan fingerprint density at radius 3 is 2.45 bits per heavy atom. The van der Waals surface area contributed by atoms with Crippen LogP contribution in [0.5, 0.6) is 0 Å². The molecule has 2 atom stereocenters. The number of hydrogen-bond acceptors (Lipinski definition) is 2. The monoisotopic (exact) mass is 263 g/mol. The zero-order chi connectivity index (χ0) is 13.9. The van der Waals surface area contributed by atoms with Crippen LogP contribution in [0.4, 0.5) is 0 Å². The van der Waals surface area contributed by atoms with Gasteiger partial charge in [-0.15, -0.1) is 0 Å². The van der Waals surface area contributed by atoms with Crippen molar-refractivity contribution in [3.63, 3.8) is 0 Å². The first-order valence-electron chi connectivity index (χ1n) is 6.71. The number of benzene rings is 1. The van der Waals surface area contributed by atoms with Gasteiger partial charge in [0.25, 0.3) is 0 Å². The summed E-state index contributed by atoms with van der Waals surface area (Å²) in [6.45, 7) is 0. The molecule has 2 unspecified atom stereocenters. The van der Waals surface area contributed by atoms with Crippen molar-refractivity contribution in [1.82, 2.24) is 0 Å². The molecule has 3 nitrogen and oxygen atoms in total. The Kier molecular flexibility index (Phi) is 2.16. The van der Waals surface area contributed by atoms with Gasteiger partial charge in [-0.3, -0.25) is 4.79 Å². The fourth-order valence-corrected chi connectivity index (χ4v) is 3.55. The lowest BCUT2D eigenvalue weighted by atomic mass is 9.73. The molecule has 98 valence electrons. The first-order chi connectivity index (χ1) is 9.68. The Bertz CT molecular complexity index is 752. The summed E-state index contributed by atoms with van der Waals surface area (Å²) >= 11 is 0. The number of rotatable bonds is 1. The van der Waals surface area contributed by atoms with E-state index in [0.717, 1.165) is 23.1 Å². The van der Waals surface area contributed by atoms with Gasteiger partial charge in [-0.2, -0.15) is 0 Å². The van der Waals surface area contributed by atoms with Crippen LogP contribution in [-0.2, 0) is 4.79 Å². The highest BCUT2D eigenvalue weighted by Gasteiger charge is 2.42. The number of aliphatic carboxylic acids is 1. The van der Waals surface area contributed by atoms with E-state index < -0.39 is 11.9 Å². The van der Waals surface area contributed by atoms with Crippen molar-refractivity contribution in [2.75, 3.05) is 0 Å². The van der Waals surface area contributed by atoms with Crippen LogP contribution in [0.2, 0.25) is 0 Å². The molecule has 0 aliphatic heterocycles. The third kappa shape index (κ3) is 1.29. The van der Waals surface area contributed by atoms with Gasteiger partial charge in [0.05, 0.1) is 5.71 Å². The fourth-order valence-electron chi connectivity index (χ4n) is 3.55. The van der Waals surface area contributed by atoms with Gasteiger partial charge in [0.2, 0.25) is 0 Å². The molecule has 4 rings (SSSR count). The summed E-state index contributed by atoms with van der Waals surface area (Å²) in [4.78, 5) is 11.4. The maximum Gasteiger partial charge on any atom is 0.316 e. The fraction of sp³-hybridized carbons (Fsp3) is 0.176. The Hall–Kier alpha value is -2.42. The van der Waals surface area contributed by atoms with E-state index in [2.05, 4.69) is 12.1 Å². The lowest BCUT2D eigenvalue weighted by molar-refractivity contribution is -0.138. The smallest absolute Gasteiger partial charge is 0.316 e. The predicted octanol–water partition coefficient (Wildman–Crippen LogP) is 3.15. The van der Waals surface area contributed by atoms with Gasteiger partial charge in [0.1, 0.15) is 5.92 Å². The molecule has 0 spiro atoms. The Labute approximate surface area is 116 Å². The molecule has 0 radical (unpaired) electrons. The molecule has 0 bridgehead atoms. The van der Waals surface area contributed by atoms with E-state index in [0.29, 0.717) is 0 Å². The van der Waals surface area contributed by atoms with Crippen LogP contribution in [0, 0.1) is 17.2 Å². The summed E-state index contributed by atoms with van der Waals surface area (Å²) in [6, 6.07) is 8.13. The number of fused-ring (bicyclic) bond motifs is 3. The summed E-state index contributed by atoms with van der Waals surface area (Å²) < 4.78 is 0. The first kappa shape index (κ1) is 11.4. The molecule has 20 heavy (non-hydrogen) atoms. The van der Waals surface area contributed by atoms with E-state index in [1.165, 1.54) is 11.1 Å². The second-order valence-electron chi connectivity index (χ2n) is 5.38. The number of allylic oxidation sites excluding steroid dienone is 5. The number of nitrogens with one attached hydrogen (secondary N) is 1. The standard InChI is InChI=1S/C17H13NO2/c18-16-12-7-3-6-11-9-4-1-2-5-10(9)13(15(11)12)8-14(16)17(19)20/h1-2,4-8,14-15,18H,3H2,(H,19,20). The van der Waals surface area contributed by atoms with Crippen molar-refractivity contribution < 1.29 is 9.90 Å². The van der Waals surface area contributed by atoms with Crippen LogP contribution in [-0.4, -0.2) is 16.8 Å². The summed E-state index contributed by atoms with van der Waals surface area (Å²) in [6.07, 6.45) is 6.74. The zero-order valence-corrected chi connectivity index (χ0v) is 10.8. The van der Waals surface area contributed by atoms with E-state index in [1.807, 2.05) is 24.3 Å². The average Bonchev–Trinajstić information content (AvgIpc) is 2.78.